The average Bonchev–Trinajstić information content (AvgIpc) is 2.83. The molecule has 0 aliphatic heterocycles. The number of hydrogen-bond acceptors (Lipinski definition) is 0. The van der Waals surface area contributed by atoms with Crippen molar-refractivity contribution in [3.63, 3.8) is 0 Å². The Balaban J connectivity index is 1.94. The van der Waals surface area contributed by atoms with Gasteiger partial charge < -0.3 is 0 Å². The van der Waals surface area contributed by atoms with Gasteiger partial charge in [0.2, 0.25) is 0 Å². The van der Waals surface area contributed by atoms with Crippen LogP contribution in [-0.2, 0) is 19.4 Å². The first-order valence-corrected chi connectivity index (χ1v) is 6.39. The number of aryl methyl sites for hydroxylation is 1. The van der Waals surface area contributed by atoms with Crippen molar-refractivity contribution in [1.29, 1.82) is 0 Å². The molecule has 1 nitrogen and oxygen atoms in total. The van der Waals surface area contributed by atoms with Crippen LogP contribution in [0.3, 0.4) is 0 Å². The standard InChI is InChI=1S/C16H18N/c1-13-16-9-5-8-15(16)10-11-17(13)12-14-6-3-2-4-7-14/h2-4,6-7,10-11H,5,8-9,12H2,1H3/q+1. The molecule has 3 rings (SSSR count). The average molecular weight is 224 g/mol. The van der Waals surface area contributed by atoms with Crippen molar-refractivity contribution in [2.45, 2.75) is 32.7 Å². The summed E-state index contributed by atoms with van der Waals surface area (Å²) in [6.07, 6.45) is 6.09. The third kappa shape index (κ3) is 1.97. The summed E-state index contributed by atoms with van der Waals surface area (Å²) in [6, 6.07) is 13.0. The Morgan fingerprint density at radius 2 is 1.88 bits per heavy atom. The van der Waals surface area contributed by atoms with Crippen molar-refractivity contribution in [3.05, 3.63) is 65.0 Å². The number of rotatable bonds is 2. The Hall–Kier alpha value is -1.63. The minimum Gasteiger partial charge on any atom is -0.198 e. The monoisotopic (exact) mass is 224 g/mol. The first-order valence-electron chi connectivity index (χ1n) is 6.39. The predicted molar refractivity (Wildman–Crippen MR) is 68.9 cm³/mol. The van der Waals surface area contributed by atoms with Crippen LogP contribution in [0.1, 0.15) is 28.8 Å². The number of fused-ring (bicyclic) bond motifs is 1. The Labute approximate surface area is 103 Å². The second kappa shape index (κ2) is 4.33. The zero-order chi connectivity index (χ0) is 11.7. The Bertz CT molecular complexity index is 529. The predicted octanol–water partition coefficient (Wildman–Crippen LogP) is 2.82. The molecule has 0 bridgehead atoms. The van der Waals surface area contributed by atoms with Crippen molar-refractivity contribution in [1.82, 2.24) is 0 Å². The van der Waals surface area contributed by atoms with Gasteiger partial charge in [0.25, 0.3) is 0 Å². The van der Waals surface area contributed by atoms with Crippen molar-refractivity contribution in [2.75, 3.05) is 0 Å². The summed E-state index contributed by atoms with van der Waals surface area (Å²) < 4.78 is 2.37. The second-order valence-corrected chi connectivity index (χ2v) is 4.87. The third-order valence-electron chi connectivity index (χ3n) is 3.78. The van der Waals surface area contributed by atoms with E-state index in [4.69, 9.17) is 0 Å². The van der Waals surface area contributed by atoms with Crippen LogP contribution in [0.4, 0.5) is 0 Å². The number of nitrogens with zero attached hydrogens (tertiary/aromatic N) is 1. The zero-order valence-corrected chi connectivity index (χ0v) is 10.3. The fourth-order valence-electron chi connectivity index (χ4n) is 2.78. The van der Waals surface area contributed by atoms with E-state index in [0.29, 0.717) is 0 Å². The molecule has 2 aromatic rings. The molecule has 1 heterocycles. The summed E-state index contributed by atoms with van der Waals surface area (Å²) >= 11 is 0. The number of aromatic nitrogens is 1. The van der Waals surface area contributed by atoms with E-state index in [1.54, 1.807) is 11.1 Å². The molecule has 1 aliphatic rings. The number of hydrogen-bond donors (Lipinski definition) is 0. The smallest absolute Gasteiger partial charge is 0.181 e. The molecule has 0 unspecified atom stereocenters. The van der Waals surface area contributed by atoms with E-state index in [9.17, 15) is 0 Å². The summed E-state index contributed by atoms with van der Waals surface area (Å²) in [7, 11) is 0. The highest BCUT2D eigenvalue weighted by Crippen LogP contribution is 2.22. The lowest BCUT2D eigenvalue weighted by molar-refractivity contribution is -0.694. The van der Waals surface area contributed by atoms with E-state index < -0.39 is 0 Å². The SMILES string of the molecule is Cc1c2c(cc[n+]1Cc1ccccc1)CCC2. The summed E-state index contributed by atoms with van der Waals surface area (Å²) in [5, 5.41) is 0. The minimum absolute atomic E-state index is 0.986. The van der Waals surface area contributed by atoms with Crippen LogP contribution < -0.4 is 4.57 Å². The number of pyridine rings is 1. The van der Waals surface area contributed by atoms with E-state index in [-0.39, 0.29) is 0 Å². The van der Waals surface area contributed by atoms with E-state index in [2.05, 4.69) is 54.1 Å². The molecular formula is C16H18N+. The molecule has 17 heavy (non-hydrogen) atoms. The van der Waals surface area contributed by atoms with Gasteiger partial charge in [-0.25, -0.2) is 0 Å². The molecule has 1 heteroatoms. The molecule has 1 aliphatic carbocycles. The van der Waals surface area contributed by atoms with Crippen LogP contribution in [-0.4, -0.2) is 0 Å². The lowest BCUT2D eigenvalue weighted by Gasteiger charge is -2.05. The summed E-state index contributed by atoms with van der Waals surface area (Å²) in [4.78, 5) is 0. The molecule has 0 saturated carbocycles. The molecule has 86 valence electrons. The molecule has 1 aromatic heterocycles. The highest BCUT2D eigenvalue weighted by Gasteiger charge is 2.20. The van der Waals surface area contributed by atoms with Crippen LogP contribution in [0.25, 0.3) is 0 Å². The first kappa shape index (κ1) is 10.5. The molecule has 0 atom stereocenters. The quantitative estimate of drug-likeness (QED) is 0.691. The van der Waals surface area contributed by atoms with Crippen LogP contribution in [0.2, 0.25) is 0 Å². The van der Waals surface area contributed by atoms with Crippen molar-refractivity contribution in [2.24, 2.45) is 0 Å². The van der Waals surface area contributed by atoms with E-state index >= 15 is 0 Å². The van der Waals surface area contributed by atoms with Gasteiger partial charge in [-0.2, -0.15) is 4.57 Å². The first-order chi connectivity index (χ1) is 8.34. The van der Waals surface area contributed by atoms with Gasteiger partial charge in [0.05, 0.1) is 0 Å². The Morgan fingerprint density at radius 3 is 2.71 bits per heavy atom. The van der Waals surface area contributed by atoms with Crippen LogP contribution >= 0.6 is 0 Å². The maximum Gasteiger partial charge on any atom is 0.181 e. The van der Waals surface area contributed by atoms with Gasteiger partial charge >= 0.3 is 0 Å². The topological polar surface area (TPSA) is 3.88 Å². The highest BCUT2D eigenvalue weighted by molar-refractivity contribution is 5.30. The van der Waals surface area contributed by atoms with Gasteiger partial charge in [-0.3, -0.25) is 0 Å². The molecule has 0 radical (unpaired) electrons. The van der Waals surface area contributed by atoms with Crippen molar-refractivity contribution in [3.8, 4) is 0 Å². The lowest BCUT2D eigenvalue weighted by atomic mass is 10.1. The third-order valence-corrected chi connectivity index (χ3v) is 3.78. The Kier molecular flexibility index (Phi) is 2.68. The fourth-order valence-corrected chi connectivity index (χ4v) is 2.78. The molecule has 0 N–H and O–H groups in total. The van der Waals surface area contributed by atoms with Gasteiger partial charge in [-0.15, -0.1) is 0 Å². The normalized spacial score (nSPS) is 13.7. The fraction of sp³-hybridized carbons (Fsp3) is 0.312. The molecule has 1 aromatic carbocycles. The molecule has 0 fully saturated rings. The molecule has 0 spiro atoms. The second-order valence-electron chi connectivity index (χ2n) is 4.87. The molecule has 0 saturated heterocycles. The molecular weight excluding hydrogens is 206 g/mol. The summed E-state index contributed by atoms with van der Waals surface area (Å²) in [5.41, 5.74) is 5.97. The van der Waals surface area contributed by atoms with Gasteiger partial charge in [-0.1, -0.05) is 30.3 Å². The van der Waals surface area contributed by atoms with Gasteiger partial charge in [0, 0.05) is 24.1 Å². The van der Waals surface area contributed by atoms with Gasteiger partial charge in [0.1, 0.15) is 0 Å². The Morgan fingerprint density at radius 1 is 1.06 bits per heavy atom. The summed E-state index contributed by atoms with van der Waals surface area (Å²) in [5.74, 6) is 0. The minimum atomic E-state index is 0.986. The summed E-state index contributed by atoms with van der Waals surface area (Å²) in [6.45, 7) is 3.24. The van der Waals surface area contributed by atoms with Crippen molar-refractivity contribution < 1.29 is 4.57 Å². The zero-order valence-electron chi connectivity index (χ0n) is 10.3. The van der Waals surface area contributed by atoms with Gasteiger partial charge in [-0.05, 0) is 24.8 Å². The van der Waals surface area contributed by atoms with Crippen LogP contribution in [0.5, 0.6) is 0 Å². The van der Waals surface area contributed by atoms with Crippen LogP contribution in [0, 0.1) is 6.92 Å². The van der Waals surface area contributed by atoms with E-state index in [1.807, 2.05) is 0 Å². The van der Waals surface area contributed by atoms with E-state index in [1.165, 1.54) is 30.5 Å². The maximum absolute atomic E-state index is 2.37. The van der Waals surface area contributed by atoms with Gasteiger partial charge in [0.15, 0.2) is 18.4 Å². The van der Waals surface area contributed by atoms with E-state index in [0.717, 1.165) is 6.54 Å². The number of benzene rings is 1. The maximum atomic E-state index is 2.37. The largest absolute Gasteiger partial charge is 0.198 e. The highest BCUT2D eigenvalue weighted by atomic mass is 15.0. The van der Waals surface area contributed by atoms with Crippen molar-refractivity contribution >= 4 is 0 Å². The van der Waals surface area contributed by atoms with Crippen LogP contribution in [0.15, 0.2) is 42.6 Å². The lowest BCUT2D eigenvalue weighted by Crippen LogP contribution is -2.38. The molecule has 0 amide bonds.